The third-order valence-electron chi connectivity index (χ3n) is 10.2. The summed E-state index contributed by atoms with van der Waals surface area (Å²) in [4.78, 5) is 13.4. The van der Waals surface area contributed by atoms with Gasteiger partial charge < -0.3 is 5.11 Å². The Bertz CT molecular complexity index is 910. The lowest BCUT2D eigenvalue weighted by Gasteiger charge is -2.57. The molecule has 0 spiro atoms. The molecule has 184 valence electrons. The molecular weight excluding hydrogens is 429 g/mol. The quantitative estimate of drug-likeness (QED) is 0.618. The number of hydrogen-bond donors (Lipinski definition) is 1. The molecule has 7 heteroatoms. The average molecular weight is 467 g/mol. The summed E-state index contributed by atoms with van der Waals surface area (Å²) >= 11 is 0. The van der Waals surface area contributed by atoms with E-state index in [2.05, 4.69) is 18.9 Å². The predicted molar refractivity (Wildman–Crippen MR) is 118 cm³/mol. The number of alkyl halides is 3. The fraction of sp³-hybridized carbons (Fsp3) is 0.846. The third kappa shape index (κ3) is 3.96. The van der Waals surface area contributed by atoms with E-state index >= 15 is 0 Å². The zero-order valence-electron chi connectivity index (χ0n) is 19.9. The Balaban J connectivity index is 1.32. The molecule has 4 saturated carbocycles. The normalized spacial score (nSPS) is 45.2. The van der Waals surface area contributed by atoms with Gasteiger partial charge in [0.2, 0.25) is 0 Å². The van der Waals surface area contributed by atoms with Gasteiger partial charge in [-0.3, -0.25) is 9.48 Å². The van der Waals surface area contributed by atoms with E-state index in [1.54, 1.807) is 0 Å². The molecule has 4 fully saturated rings. The zero-order valence-corrected chi connectivity index (χ0v) is 19.9. The molecule has 1 aromatic heterocycles. The van der Waals surface area contributed by atoms with E-state index < -0.39 is 17.3 Å². The van der Waals surface area contributed by atoms with Crippen LogP contribution in [0, 0.1) is 46.8 Å². The molecule has 5 rings (SSSR count). The highest BCUT2D eigenvalue weighted by atomic mass is 19.4. The van der Waals surface area contributed by atoms with Crippen molar-refractivity contribution in [2.45, 2.75) is 90.5 Å². The van der Waals surface area contributed by atoms with E-state index in [1.807, 2.05) is 6.92 Å². The lowest BCUT2D eigenvalue weighted by atomic mass is 9.48. The minimum atomic E-state index is -4.44. The van der Waals surface area contributed by atoms with Gasteiger partial charge in [-0.15, -0.1) is 0 Å². The number of fused-ring (bicyclic) bond motifs is 5. The average Bonchev–Trinajstić information content (AvgIpc) is 3.29. The SMILES string of the molecule is C[C@@H]1C[C@H](C(=O)Cn2cc(C(F)(F)F)cn2)[C@@]2(C)CCC3[C@@H](CC[C@@H]4C[C@](C)(O)CC[C@H]34)C12. The second-order valence-corrected chi connectivity index (χ2v) is 12.3. The summed E-state index contributed by atoms with van der Waals surface area (Å²) in [6.45, 7) is 6.47. The molecule has 0 bridgehead atoms. The summed E-state index contributed by atoms with van der Waals surface area (Å²) in [6, 6.07) is 0. The number of ketones is 1. The first-order valence-electron chi connectivity index (χ1n) is 12.7. The number of nitrogens with zero attached hydrogens (tertiary/aromatic N) is 2. The Morgan fingerprint density at radius 3 is 2.58 bits per heavy atom. The lowest BCUT2D eigenvalue weighted by Crippen LogP contribution is -2.51. The molecule has 33 heavy (non-hydrogen) atoms. The maximum Gasteiger partial charge on any atom is 0.419 e. The third-order valence-corrected chi connectivity index (χ3v) is 10.2. The van der Waals surface area contributed by atoms with Gasteiger partial charge >= 0.3 is 6.18 Å². The molecule has 2 unspecified atom stereocenters. The second kappa shape index (κ2) is 7.82. The molecule has 1 aromatic rings. The summed E-state index contributed by atoms with van der Waals surface area (Å²) in [6.07, 6.45) is 5.58. The molecule has 4 aliphatic carbocycles. The van der Waals surface area contributed by atoms with Crippen LogP contribution in [0.4, 0.5) is 13.2 Å². The van der Waals surface area contributed by atoms with Crippen LogP contribution in [-0.4, -0.2) is 26.3 Å². The molecule has 0 amide bonds. The van der Waals surface area contributed by atoms with Gasteiger partial charge in [-0.25, -0.2) is 0 Å². The van der Waals surface area contributed by atoms with Crippen LogP contribution in [0.1, 0.15) is 77.7 Å². The van der Waals surface area contributed by atoms with Gasteiger partial charge in [-0.2, -0.15) is 18.3 Å². The molecule has 0 radical (unpaired) electrons. The first-order valence-corrected chi connectivity index (χ1v) is 12.7. The van der Waals surface area contributed by atoms with Crippen molar-refractivity contribution < 1.29 is 23.1 Å². The Hall–Kier alpha value is -1.37. The maximum atomic E-state index is 13.4. The predicted octanol–water partition coefficient (Wildman–Crippen LogP) is 5.74. The number of aliphatic hydroxyl groups is 1. The van der Waals surface area contributed by atoms with Crippen LogP contribution in [0.5, 0.6) is 0 Å². The number of rotatable bonds is 3. The number of carbonyl (C=O) groups is 1. The van der Waals surface area contributed by atoms with Gasteiger partial charge in [0.25, 0.3) is 0 Å². The van der Waals surface area contributed by atoms with Crippen LogP contribution in [0.3, 0.4) is 0 Å². The molecular formula is C26H37F3N2O2. The molecule has 0 aromatic carbocycles. The van der Waals surface area contributed by atoms with Crippen LogP contribution in [-0.2, 0) is 17.5 Å². The van der Waals surface area contributed by atoms with E-state index in [0.29, 0.717) is 35.5 Å². The van der Waals surface area contributed by atoms with E-state index in [0.717, 1.165) is 55.6 Å². The Morgan fingerprint density at radius 1 is 1.15 bits per heavy atom. The van der Waals surface area contributed by atoms with Gasteiger partial charge in [0.15, 0.2) is 5.78 Å². The van der Waals surface area contributed by atoms with E-state index in [1.165, 1.54) is 12.8 Å². The highest BCUT2D eigenvalue weighted by Crippen LogP contribution is 2.66. The summed E-state index contributed by atoms with van der Waals surface area (Å²) < 4.78 is 40.0. The lowest BCUT2D eigenvalue weighted by molar-refractivity contribution is -0.138. The minimum Gasteiger partial charge on any atom is -0.390 e. The van der Waals surface area contributed by atoms with Crippen LogP contribution < -0.4 is 0 Å². The van der Waals surface area contributed by atoms with Crippen LogP contribution >= 0.6 is 0 Å². The van der Waals surface area contributed by atoms with Crippen molar-refractivity contribution in [3.63, 3.8) is 0 Å². The van der Waals surface area contributed by atoms with Crippen molar-refractivity contribution in [3.8, 4) is 0 Å². The second-order valence-electron chi connectivity index (χ2n) is 12.3. The minimum absolute atomic E-state index is 0.0320. The number of hydrogen-bond acceptors (Lipinski definition) is 3. The monoisotopic (exact) mass is 466 g/mol. The maximum absolute atomic E-state index is 13.4. The van der Waals surface area contributed by atoms with Crippen molar-refractivity contribution in [1.29, 1.82) is 0 Å². The first-order chi connectivity index (χ1) is 15.4. The highest BCUT2D eigenvalue weighted by Gasteiger charge is 2.61. The largest absolute Gasteiger partial charge is 0.419 e. The molecule has 4 nitrogen and oxygen atoms in total. The topological polar surface area (TPSA) is 55.1 Å². The van der Waals surface area contributed by atoms with Crippen molar-refractivity contribution >= 4 is 5.78 Å². The molecule has 4 aliphatic rings. The standard InChI is InChI=1S/C26H37F3N2O2/c1-15-10-21(22(32)14-31-13-17(12-30-31)26(27,28)29)25(3)9-7-19-18-6-8-24(2,33)11-16(18)4-5-20(19)23(15)25/h12-13,15-16,18-21,23,33H,4-11,14H2,1-3H3/t15-,16-,18+,19?,20-,21-,23?,24-,25-/m1/s1. The summed E-state index contributed by atoms with van der Waals surface area (Å²) in [7, 11) is 0. The van der Waals surface area contributed by atoms with Gasteiger partial charge in [0.1, 0.15) is 0 Å². The summed E-state index contributed by atoms with van der Waals surface area (Å²) in [5.41, 5.74) is -1.40. The van der Waals surface area contributed by atoms with Gasteiger partial charge in [-0.05, 0) is 99.2 Å². The van der Waals surface area contributed by atoms with Crippen molar-refractivity contribution in [3.05, 3.63) is 18.0 Å². The van der Waals surface area contributed by atoms with E-state index in [-0.39, 0.29) is 23.7 Å². The summed E-state index contributed by atoms with van der Waals surface area (Å²) in [5.74, 6) is 3.50. The molecule has 0 saturated heterocycles. The Morgan fingerprint density at radius 2 is 1.88 bits per heavy atom. The molecule has 9 atom stereocenters. The van der Waals surface area contributed by atoms with Crippen molar-refractivity contribution in [2.75, 3.05) is 0 Å². The smallest absolute Gasteiger partial charge is 0.390 e. The van der Waals surface area contributed by atoms with Crippen LogP contribution in [0.25, 0.3) is 0 Å². The summed E-state index contributed by atoms with van der Waals surface area (Å²) in [5, 5.41) is 14.4. The molecule has 0 aliphatic heterocycles. The van der Waals surface area contributed by atoms with Crippen molar-refractivity contribution in [1.82, 2.24) is 9.78 Å². The van der Waals surface area contributed by atoms with Crippen molar-refractivity contribution in [2.24, 2.45) is 46.8 Å². The fourth-order valence-corrected chi connectivity index (χ4v) is 8.99. The number of Topliss-reactive ketones (excluding diaryl/α,β-unsaturated/α-hetero) is 1. The Labute approximate surface area is 194 Å². The number of carbonyl (C=O) groups excluding carboxylic acids is 1. The van der Waals surface area contributed by atoms with E-state index in [9.17, 15) is 23.1 Å². The number of halogens is 3. The highest BCUT2D eigenvalue weighted by molar-refractivity contribution is 5.82. The zero-order chi connectivity index (χ0) is 23.8. The van der Waals surface area contributed by atoms with Crippen LogP contribution in [0.2, 0.25) is 0 Å². The fourth-order valence-electron chi connectivity index (χ4n) is 8.99. The first kappa shape index (κ1) is 23.4. The van der Waals surface area contributed by atoms with Gasteiger partial charge in [-0.1, -0.05) is 13.8 Å². The van der Waals surface area contributed by atoms with E-state index in [4.69, 9.17) is 0 Å². The molecule has 1 heterocycles. The van der Waals surface area contributed by atoms with Gasteiger partial charge in [0, 0.05) is 12.1 Å². The van der Waals surface area contributed by atoms with Gasteiger partial charge in [0.05, 0.1) is 23.9 Å². The Kier molecular flexibility index (Phi) is 5.54. The van der Waals surface area contributed by atoms with Crippen LogP contribution in [0.15, 0.2) is 12.4 Å². The molecule has 1 N–H and O–H groups in total. The number of aromatic nitrogens is 2.